The molecule has 0 aromatic heterocycles. The van der Waals surface area contributed by atoms with E-state index >= 15 is 0 Å². The summed E-state index contributed by atoms with van der Waals surface area (Å²) >= 11 is 9.78. The van der Waals surface area contributed by atoms with Crippen molar-refractivity contribution in [2.45, 2.75) is 50.7 Å². The highest BCUT2D eigenvalue weighted by Gasteiger charge is 2.32. The molecule has 0 bridgehead atoms. The first-order chi connectivity index (χ1) is 17.0. The third kappa shape index (κ3) is 8.48. The van der Waals surface area contributed by atoms with E-state index in [0.717, 1.165) is 0 Å². The third-order valence-electron chi connectivity index (χ3n) is 5.36. The van der Waals surface area contributed by atoms with Crippen LogP contribution in [0.15, 0.2) is 36.4 Å². The van der Waals surface area contributed by atoms with Gasteiger partial charge in [-0.15, -0.1) is 0 Å². The number of Topliss-reactive ketones (excluding diaryl/α,β-unsaturated/α-hetero) is 1. The van der Waals surface area contributed by atoms with Crippen LogP contribution in [0.2, 0.25) is 5.02 Å². The van der Waals surface area contributed by atoms with Gasteiger partial charge >= 0.3 is 0 Å². The van der Waals surface area contributed by atoms with Crippen molar-refractivity contribution >= 4 is 74.4 Å². The molecular weight excluding hydrogens is 722 g/mol. The van der Waals surface area contributed by atoms with E-state index in [-0.39, 0.29) is 24.2 Å². The molecule has 3 atom stereocenters. The molecule has 12 heteroatoms. The van der Waals surface area contributed by atoms with Crippen molar-refractivity contribution in [2.75, 3.05) is 7.05 Å². The molecule has 2 amide bonds. The van der Waals surface area contributed by atoms with E-state index < -0.39 is 42.1 Å². The summed E-state index contributed by atoms with van der Waals surface area (Å²) in [5.41, 5.74) is 0.844. The number of hydrogen-bond acceptors (Lipinski definition) is 5. The number of phenols is 1. The van der Waals surface area contributed by atoms with Gasteiger partial charge in [-0.3, -0.25) is 19.7 Å². The summed E-state index contributed by atoms with van der Waals surface area (Å²) in [6.07, 6.45) is -2.16. The van der Waals surface area contributed by atoms with Crippen molar-refractivity contribution in [3.8, 4) is 5.75 Å². The van der Waals surface area contributed by atoms with Crippen molar-refractivity contribution in [3.05, 3.63) is 59.7 Å². The number of rotatable bonds is 12. The number of likely N-dealkylation sites (N-methyl/N-ethyl adjacent to an activating group) is 1. The lowest BCUT2D eigenvalue weighted by Gasteiger charge is -2.27. The Balaban J connectivity index is 2.42. The van der Waals surface area contributed by atoms with Gasteiger partial charge in [0.1, 0.15) is 5.75 Å². The first-order valence-corrected chi connectivity index (χ1v) is 13.5. The molecule has 0 aliphatic carbocycles. The van der Waals surface area contributed by atoms with E-state index in [0.29, 0.717) is 24.1 Å². The molecule has 2 rings (SSSR count). The summed E-state index contributed by atoms with van der Waals surface area (Å²) in [5, 5.41) is 18.0. The molecule has 196 valence electrons. The van der Waals surface area contributed by atoms with Crippen molar-refractivity contribution in [2.24, 2.45) is 0 Å². The fourth-order valence-corrected chi connectivity index (χ4v) is 5.53. The van der Waals surface area contributed by atoms with Crippen LogP contribution in [-0.4, -0.2) is 48.3 Å². The van der Waals surface area contributed by atoms with E-state index in [9.17, 15) is 28.3 Å². The van der Waals surface area contributed by atoms with Crippen LogP contribution < -0.4 is 16.0 Å². The Hall–Kier alpha value is -1.58. The standard InChI is InChI=1S/C24H26ClF2I2N3O4/c1-3-4-17(21(34)24(36)30-2)32-23(35)18(11-12-9-15(28)20(33)16(29)10-12)31-19(22(26)27)13-5-7-14(25)8-6-13/h5-10,17-19,22,31,33H,3-4,11H2,1-2H3,(H,30,36)(H,32,35)/t17-,18-,19-/m0/s1. The highest BCUT2D eigenvalue weighted by molar-refractivity contribution is 14.1. The maximum absolute atomic E-state index is 14.1. The second-order valence-electron chi connectivity index (χ2n) is 7.99. The number of aromatic hydroxyl groups is 1. The number of carbonyl (C=O) groups is 3. The van der Waals surface area contributed by atoms with Crippen LogP contribution in [0.25, 0.3) is 0 Å². The minimum atomic E-state index is -2.86. The predicted octanol–water partition coefficient (Wildman–Crippen LogP) is 4.36. The molecule has 4 N–H and O–H groups in total. The number of halogens is 5. The summed E-state index contributed by atoms with van der Waals surface area (Å²) in [6.45, 7) is 1.79. The minimum Gasteiger partial charge on any atom is -0.506 e. The van der Waals surface area contributed by atoms with Crippen molar-refractivity contribution in [3.63, 3.8) is 0 Å². The Kier molecular flexibility index (Phi) is 12.2. The number of amides is 2. The van der Waals surface area contributed by atoms with Crippen molar-refractivity contribution in [1.29, 1.82) is 0 Å². The Labute approximate surface area is 240 Å². The van der Waals surface area contributed by atoms with E-state index in [1.165, 1.54) is 31.3 Å². The van der Waals surface area contributed by atoms with Crippen molar-refractivity contribution < 1.29 is 28.3 Å². The SMILES string of the molecule is CCC[C@H](NC(=O)[C@H](Cc1cc(I)c(O)c(I)c1)N[C@@H](c1ccc(Cl)cc1)C(F)F)C(=O)C(=O)NC. The molecule has 36 heavy (non-hydrogen) atoms. The van der Waals surface area contributed by atoms with Crippen LogP contribution >= 0.6 is 56.8 Å². The number of carbonyl (C=O) groups excluding carboxylic acids is 3. The zero-order valence-electron chi connectivity index (χ0n) is 19.5. The number of phenolic OH excluding ortho intramolecular Hbond substituents is 1. The largest absolute Gasteiger partial charge is 0.506 e. The summed E-state index contributed by atoms with van der Waals surface area (Å²) in [5.74, 6) is -2.29. The Morgan fingerprint density at radius 1 is 1.06 bits per heavy atom. The second kappa shape index (κ2) is 14.4. The van der Waals surface area contributed by atoms with Crippen LogP contribution in [0.4, 0.5) is 8.78 Å². The Morgan fingerprint density at radius 3 is 2.14 bits per heavy atom. The van der Waals surface area contributed by atoms with Crippen LogP contribution in [0.3, 0.4) is 0 Å². The summed E-state index contributed by atoms with van der Waals surface area (Å²) in [7, 11) is 1.31. The van der Waals surface area contributed by atoms with E-state index in [4.69, 9.17) is 11.6 Å². The molecule has 0 saturated carbocycles. The highest BCUT2D eigenvalue weighted by Crippen LogP contribution is 2.29. The van der Waals surface area contributed by atoms with Crippen LogP contribution in [0.5, 0.6) is 5.75 Å². The molecule has 0 spiro atoms. The Morgan fingerprint density at radius 2 is 1.64 bits per heavy atom. The molecule has 0 fully saturated rings. The minimum absolute atomic E-state index is 0.0120. The van der Waals surface area contributed by atoms with Crippen LogP contribution in [0, 0.1) is 7.14 Å². The lowest BCUT2D eigenvalue weighted by molar-refractivity contribution is -0.140. The number of benzene rings is 2. The zero-order valence-corrected chi connectivity index (χ0v) is 24.5. The normalized spacial score (nSPS) is 13.7. The van der Waals surface area contributed by atoms with Gasteiger partial charge in [-0.25, -0.2) is 8.78 Å². The molecule has 0 saturated heterocycles. The van der Waals surface area contributed by atoms with Gasteiger partial charge in [0.15, 0.2) is 0 Å². The molecular formula is C24H26ClF2I2N3O4. The third-order valence-corrected chi connectivity index (χ3v) is 7.25. The predicted molar refractivity (Wildman–Crippen MR) is 150 cm³/mol. The smallest absolute Gasteiger partial charge is 0.289 e. The monoisotopic (exact) mass is 747 g/mol. The average Bonchev–Trinajstić information content (AvgIpc) is 2.84. The van der Waals surface area contributed by atoms with Crippen LogP contribution in [-0.2, 0) is 20.8 Å². The molecule has 2 aromatic rings. The van der Waals surface area contributed by atoms with Crippen LogP contribution in [0.1, 0.15) is 36.9 Å². The number of ketones is 1. The zero-order chi connectivity index (χ0) is 27.0. The lowest BCUT2D eigenvalue weighted by Crippen LogP contribution is -2.54. The van der Waals surface area contributed by atoms with Gasteiger partial charge in [0.05, 0.1) is 25.3 Å². The lowest BCUT2D eigenvalue weighted by atomic mass is 10.00. The Bertz CT molecular complexity index is 1070. The maximum Gasteiger partial charge on any atom is 0.289 e. The fraction of sp³-hybridized carbons (Fsp3) is 0.375. The number of hydrogen-bond donors (Lipinski definition) is 4. The van der Waals surface area contributed by atoms with E-state index in [1.807, 2.05) is 45.2 Å². The van der Waals surface area contributed by atoms with Gasteiger partial charge in [-0.1, -0.05) is 37.1 Å². The average molecular weight is 748 g/mol. The fourth-order valence-electron chi connectivity index (χ4n) is 3.51. The quantitative estimate of drug-likeness (QED) is 0.191. The molecule has 2 aromatic carbocycles. The van der Waals surface area contributed by atoms with Gasteiger partial charge < -0.3 is 15.7 Å². The van der Waals surface area contributed by atoms with E-state index in [1.54, 1.807) is 19.1 Å². The number of nitrogens with one attached hydrogen (secondary N) is 3. The maximum atomic E-state index is 14.1. The van der Waals surface area contributed by atoms with Gasteiger partial charge in [0.25, 0.3) is 12.3 Å². The van der Waals surface area contributed by atoms with Gasteiger partial charge in [-0.2, -0.15) is 0 Å². The van der Waals surface area contributed by atoms with E-state index in [2.05, 4.69) is 16.0 Å². The first kappa shape index (κ1) is 30.6. The molecule has 0 aliphatic heterocycles. The molecule has 7 nitrogen and oxygen atoms in total. The first-order valence-electron chi connectivity index (χ1n) is 11.0. The topological polar surface area (TPSA) is 108 Å². The highest BCUT2D eigenvalue weighted by atomic mass is 127. The van der Waals surface area contributed by atoms with Crippen molar-refractivity contribution in [1.82, 2.24) is 16.0 Å². The van der Waals surface area contributed by atoms with Gasteiger partial charge in [-0.05, 0) is 93.4 Å². The molecule has 0 aliphatic rings. The summed E-state index contributed by atoms with van der Waals surface area (Å²) in [6, 6.07) is 5.36. The molecule has 0 heterocycles. The number of alkyl halides is 2. The van der Waals surface area contributed by atoms with Gasteiger partial charge in [0, 0.05) is 12.1 Å². The second-order valence-corrected chi connectivity index (χ2v) is 10.7. The molecule has 0 radical (unpaired) electrons. The summed E-state index contributed by atoms with van der Waals surface area (Å²) in [4.78, 5) is 37.7. The summed E-state index contributed by atoms with van der Waals surface area (Å²) < 4.78 is 29.3. The molecule has 0 unspecified atom stereocenters. The van der Waals surface area contributed by atoms with Gasteiger partial charge in [0.2, 0.25) is 11.7 Å².